The number of hydrogen-bond donors (Lipinski definition) is 2. The zero-order chi connectivity index (χ0) is 14.5. The second-order valence-electron chi connectivity index (χ2n) is 5.37. The lowest BCUT2D eigenvalue weighted by Crippen LogP contribution is -2.52. The number of hydrogen-bond acceptors (Lipinski definition) is 4. The van der Waals surface area contributed by atoms with Gasteiger partial charge in [0.25, 0.3) is 0 Å². The van der Waals surface area contributed by atoms with Crippen molar-refractivity contribution in [3.63, 3.8) is 0 Å². The second-order valence-corrected chi connectivity index (χ2v) is 6.35. The summed E-state index contributed by atoms with van der Waals surface area (Å²) in [6.07, 6.45) is 1.60. The molecule has 0 aromatic carbocycles. The lowest BCUT2D eigenvalue weighted by atomic mass is 9.96. The van der Waals surface area contributed by atoms with Gasteiger partial charge >= 0.3 is 0 Å². The maximum absolute atomic E-state index is 12.1. The number of rotatable bonds is 7. The van der Waals surface area contributed by atoms with Gasteiger partial charge in [0.1, 0.15) is 0 Å². The minimum atomic E-state index is -0.777. The summed E-state index contributed by atoms with van der Waals surface area (Å²) in [5, 5.41) is 5.03. The summed E-state index contributed by atoms with van der Waals surface area (Å²) >= 11 is 1.70. The van der Waals surface area contributed by atoms with E-state index in [1.165, 1.54) is 4.88 Å². The lowest BCUT2D eigenvalue weighted by molar-refractivity contribution is -0.126. The van der Waals surface area contributed by atoms with Crippen molar-refractivity contribution < 1.29 is 4.79 Å². The molecule has 2 atom stereocenters. The minimum absolute atomic E-state index is 0. The van der Waals surface area contributed by atoms with E-state index < -0.39 is 5.54 Å². The van der Waals surface area contributed by atoms with Crippen LogP contribution < -0.4 is 11.1 Å². The van der Waals surface area contributed by atoms with Gasteiger partial charge in [0, 0.05) is 11.4 Å². The number of nitrogens with zero attached hydrogens (tertiary/aromatic N) is 1. The fourth-order valence-corrected chi connectivity index (χ4v) is 2.97. The third-order valence-corrected chi connectivity index (χ3v) is 4.21. The third-order valence-electron chi connectivity index (χ3n) is 3.24. The van der Waals surface area contributed by atoms with Gasteiger partial charge < -0.3 is 16.0 Å². The molecule has 0 aliphatic carbocycles. The van der Waals surface area contributed by atoms with Gasteiger partial charge in [0.15, 0.2) is 0 Å². The molecule has 1 amide bonds. The van der Waals surface area contributed by atoms with Gasteiger partial charge in [-0.3, -0.25) is 4.79 Å². The zero-order valence-electron chi connectivity index (χ0n) is 12.7. The van der Waals surface area contributed by atoms with Crippen molar-refractivity contribution in [2.75, 3.05) is 20.6 Å². The molecule has 116 valence electrons. The van der Waals surface area contributed by atoms with Crippen LogP contribution in [0.25, 0.3) is 0 Å². The van der Waals surface area contributed by atoms with E-state index in [9.17, 15) is 4.79 Å². The first-order valence-corrected chi connectivity index (χ1v) is 7.53. The molecule has 1 aromatic rings. The molecule has 0 bridgehead atoms. The number of nitrogens with two attached hydrogens (primary N) is 1. The molecule has 4 nitrogen and oxygen atoms in total. The Morgan fingerprint density at radius 1 is 1.55 bits per heavy atom. The molecular weight excluding hydrogens is 294 g/mol. The normalized spacial score (nSPS) is 15.3. The highest BCUT2D eigenvalue weighted by Gasteiger charge is 2.28. The van der Waals surface area contributed by atoms with Crippen molar-refractivity contribution >= 4 is 29.7 Å². The first-order valence-electron chi connectivity index (χ1n) is 6.65. The van der Waals surface area contributed by atoms with Crippen LogP contribution in [-0.2, 0) is 4.79 Å². The van der Waals surface area contributed by atoms with Crippen molar-refractivity contribution in [3.8, 4) is 0 Å². The van der Waals surface area contributed by atoms with Crippen LogP contribution in [-0.4, -0.2) is 37.0 Å². The molecule has 3 N–H and O–H groups in total. The maximum Gasteiger partial charge on any atom is 0.239 e. The van der Waals surface area contributed by atoms with Gasteiger partial charge in [-0.05, 0) is 38.9 Å². The first kappa shape index (κ1) is 19.4. The standard InChI is InChI=1S/C14H25N3OS.ClH/c1-5-8-14(2,15)13(18)16-10-11(17(3)4)12-7-6-9-19-12;/h6-7,9,11H,5,8,10,15H2,1-4H3,(H,16,18);1H. The molecule has 2 unspecified atom stereocenters. The van der Waals surface area contributed by atoms with Gasteiger partial charge in [0.2, 0.25) is 5.91 Å². The average Bonchev–Trinajstić information content (AvgIpc) is 2.82. The van der Waals surface area contributed by atoms with E-state index >= 15 is 0 Å². The summed E-state index contributed by atoms with van der Waals surface area (Å²) in [4.78, 5) is 15.5. The Hall–Kier alpha value is -0.620. The Labute approximate surface area is 132 Å². The number of carbonyl (C=O) groups is 1. The molecule has 0 fully saturated rings. The topological polar surface area (TPSA) is 58.4 Å². The number of carbonyl (C=O) groups excluding carboxylic acids is 1. The third kappa shape index (κ3) is 5.40. The summed E-state index contributed by atoms with van der Waals surface area (Å²) in [5.41, 5.74) is 5.25. The highest BCUT2D eigenvalue weighted by Crippen LogP contribution is 2.22. The van der Waals surface area contributed by atoms with E-state index in [4.69, 9.17) is 5.73 Å². The first-order chi connectivity index (χ1) is 8.88. The van der Waals surface area contributed by atoms with E-state index in [0.29, 0.717) is 13.0 Å². The van der Waals surface area contributed by atoms with Crippen LogP contribution in [0.2, 0.25) is 0 Å². The van der Waals surface area contributed by atoms with Crippen LogP contribution in [0.5, 0.6) is 0 Å². The number of amides is 1. The molecule has 1 rings (SSSR count). The van der Waals surface area contributed by atoms with E-state index in [0.717, 1.165) is 6.42 Å². The lowest BCUT2D eigenvalue weighted by Gasteiger charge is -2.27. The van der Waals surface area contributed by atoms with Gasteiger partial charge in [0.05, 0.1) is 11.6 Å². The van der Waals surface area contributed by atoms with Crippen molar-refractivity contribution in [2.24, 2.45) is 5.73 Å². The Bertz CT molecular complexity index is 393. The molecule has 0 aliphatic heterocycles. The number of likely N-dealkylation sites (N-methyl/N-ethyl adjacent to an activating group) is 1. The minimum Gasteiger partial charge on any atom is -0.353 e. The van der Waals surface area contributed by atoms with E-state index in [1.807, 2.05) is 27.1 Å². The Balaban J connectivity index is 0.00000361. The predicted molar refractivity (Wildman–Crippen MR) is 88.5 cm³/mol. The molecule has 1 aromatic heterocycles. The fraction of sp³-hybridized carbons (Fsp3) is 0.643. The fourth-order valence-electron chi connectivity index (χ4n) is 2.04. The largest absolute Gasteiger partial charge is 0.353 e. The molecule has 0 saturated carbocycles. The Kier molecular flexibility index (Phi) is 8.35. The van der Waals surface area contributed by atoms with Gasteiger partial charge in [-0.15, -0.1) is 23.7 Å². The van der Waals surface area contributed by atoms with Crippen LogP contribution in [0.4, 0.5) is 0 Å². The highest BCUT2D eigenvalue weighted by molar-refractivity contribution is 7.10. The molecule has 0 radical (unpaired) electrons. The number of nitrogens with one attached hydrogen (secondary N) is 1. The van der Waals surface area contributed by atoms with Crippen molar-refractivity contribution in [3.05, 3.63) is 22.4 Å². The number of halogens is 1. The summed E-state index contributed by atoms with van der Waals surface area (Å²) in [6.45, 7) is 4.41. The summed E-state index contributed by atoms with van der Waals surface area (Å²) in [6, 6.07) is 4.32. The summed E-state index contributed by atoms with van der Waals surface area (Å²) < 4.78 is 0. The van der Waals surface area contributed by atoms with Gasteiger partial charge in [-0.1, -0.05) is 19.4 Å². The molecule has 0 saturated heterocycles. The molecule has 0 spiro atoms. The van der Waals surface area contributed by atoms with Crippen molar-refractivity contribution in [1.29, 1.82) is 0 Å². The Morgan fingerprint density at radius 3 is 2.65 bits per heavy atom. The zero-order valence-corrected chi connectivity index (χ0v) is 14.3. The van der Waals surface area contributed by atoms with Crippen LogP contribution in [0.1, 0.15) is 37.6 Å². The summed E-state index contributed by atoms with van der Waals surface area (Å²) in [7, 11) is 4.04. The molecule has 0 aliphatic rings. The maximum atomic E-state index is 12.1. The smallest absolute Gasteiger partial charge is 0.239 e. The SMILES string of the molecule is CCCC(C)(N)C(=O)NCC(c1cccs1)N(C)C.Cl. The molecular formula is C14H26ClN3OS. The van der Waals surface area contributed by atoms with Crippen LogP contribution in [0, 0.1) is 0 Å². The predicted octanol–water partition coefficient (Wildman–Crippen LogP) is 2.41. The average molecular weight is 320 g/mol. The summed E-state index contributed by atoms with van der Waals surface area (Å²) in [5.74, 6) is -0.0715. The quantitative estimate of drug-likeness (QED) is 0.811. The highest BCUT2D eigenvalue weighted by atomic mass is 35.5. The van der Waals surface area contributed by atoms with Crippen LogP contribution >= 0.6 is 23.7 Å². The van der Waals surface area contributed by atoms with E-state index in [1.54, 1.807) is 18.3 Å². The van der Waals surface area contributed by atoms with E-state index in [-0.39, 0.29) is 24.4 Å². The second kappa shape index (κ2) is 8.62. The molecule has 1 heterocycles. The van der Waals surface area contributed by atoms with Crippen molar-refractivity contribution in [1.82, 2.24) is 10.2 Å². The molecule has 6 heteroatoms. The number of thiophene rings is 1. The van der Waals surface area contributed by atoms with Gasteiger partial charge in [-0.25, -0.2) is 0 Å². The monoisotopic (exact) mass is 319 g/mol. The van der Waals surface area contributed by atoms with E-state index in [2.05, 4.69) is 21.7 Å². The van der Waals surface area contributed by atoms with Gasteiger partial charge in [-0.2, -0.15) is 0 Å². The van der Waals surface area contributed by atoms with Crippen molar-refractivity contribution in [2.45, 2.75) is 38.3 Å². The van der Waals surface area contributed by atoms with Crippen LogP contribution in [0.15, 0.2) is 17.5 Å². The van der Waals surface area contributed by atoms with Crippen LogP contribution in [0.3, 0.4) is 0 Å². The Morgan fingerprint density at radius 2 is 2.20 bits per heavy atom. The molecule has 20 heavy (non-hydrogen) atoms.